The molecule has 3 N–H and O–H groups in total. The first kappa shape index (κ1) is 29.0. The number of hydrogen-bond acceptors (Lipinski definition) is 6. The van der Waals surface area contributed by atoms with Crippen LogP contribution in [0, 0.1) is 6.92 Å². The highest BCUT2D eigenvalue weighted by Crippen LogP contribution is 2.38. The molecular weight excluding hydrogens is 530 g/mol. The maximum Gasteiger partial charge on any atom is 0.248 e. The van der Waals surface area contributed by atoms with Gasteiger partial charge in [0.15, 0.2) is 0 Å². The van der Waals surface area contributed by atoms with Crippen LogP contribution in [-0.2, 0) is 11.3 Å². The molecule has 3 aromatic carbocycles. The van der Waals surface area contributed by atoms with Gasteiger partial charge in [-0.1, -0.05) is 56.3 Å². The van der Waals surface area contributed by atoms with Crippen molar-refractivity contribution in [3.05, 3.63) is 95.3 Å². The van der Waals surface area contributed by atoms with E-state index in [1.807, 2.05) is 66.3 Å². The first-order chi connectivity index (χ1) is 20.3. The Hall–Kier alpha value is -4.47. The van der Waals surface area contributed by atoms with E-state index in [0.29, 0.717) is 37.5 Å². The van der Waals surface area contributed by atoms with Crippen molar-refractivity contribution in [2.45, 2.75) is 45.8 Å². The number of rotatable bonds is 12. The summed E-state index contributed by atoms with van der Waals surface area (Å²) in [5.74, 6) is 0.177. The summed E-state index contributed by atoms with van der Waals surface area (Å²) in [5, 5.41) is 21.7. The van der Waals surface area contributed by atoms with Gasteiger partial charge in [0.1, 0.15) is 11.4 Å². The SMILES string of the molecule is COCCCOc1cc(C(N)=O)ccc1-n1nc(-c2cccc3nn(CC(O)c4ccccc4)cc23)c(C(C)C)c1C. The number of ether oxygens (including phenoxy) is 2. The Balaban J connectivity index is 1.58. The second-order valence-electron chi connectivity index (χ2n) is 10.7. The molecule has 5 aromatic rings. The third kappa shape index (κ3) is 5.93. The second-order valence-corrected chi connectivity index (χ2v) is 10.7. The molecule has 0 aliphatic rings. The maximum absolute atomic E-state index is 12.0. The highest BCUT2D eigenvalue weighted by molar-refractivity contribution is 5.95. The Morgan fingerprint density at radius 3 is 2.52 bits per heavy atom. The third-order valence-corrected chi connectivity index (χ3v) is 7.36. The summed E-state index contributed by atoms with van der Waals surface area (Å²) >= 11 is 0. The minimum Gasteiger partial charge on any atom is -0.491 e. The van der Waals surface area contributed by atoms with Gasteiger partial charge in [0.25, 0.3) is 0 Å². The lowest BCUT2D eigenvalue weighted by Gasteiger charge is -2.14. The second kappa shape index (κ2) is 12.6. The van der Waals surface area contributed by atoms with Crippen LogP contribution in [0.5, 0.6) is 5.75 Å². The molecular formula is C33H37N5O4. The molecule has 2 aromatic heterocycles. The van der Waals surface area contributed by atoms with Gasteiger partial charge < -0.3 is 20.3 Å². The van der Waals surface area contributed by atoms with Crippen LogP contribution in [0.1, 0.15) is 59.5 Å². The number of aromatic nitrogens is 4. The Morgan fingerprint density at radius 1 is 1.02 bits per heavy atom. The highest BCUT2D eigenvalue weighted by Gasteiger charge is 2.24. The van der Waals surface area contributed by atoms with Crippen molar-refractivity contribution < 1.29 is 19.4 Å². The number of carbonyl (C=O) groups is 1. The number of amides is 1. The smallest absolute Gasteiger partial charge is 0.248 e. The lowest BCUT2D eigenvalue weighted by molar-refractivity contribution is 0.0999. The number of nitrogens with two attached hydrogens (primary N) is 1. The van der Waals surface area contributed by atoms with Crippen LogP contribution in [0.15, 0.2) is 72.9 Å². The van der Waals surface area contributed by atoms with Crippen molar-refractivity contribution in [3.8, 4) is 22.7 Å². The molecule has 0 aliphatic heterocycles. The third-order valence-electron chi connectivity index (χ3n) is 7.36. The van der Waals surface area contributed by atoms with Gasteiger partial charge in [0, 0.05) is 54.1 Å². The van der Waals surface area contributed by atoms with Crippen LogP contribution >= 0.6 is 0 Å². The summed E-state index contributed by atoms with van der Waals surface area (Å²) < 4.78 is 14.9. The van der Waals surface area contributed by atoms with Crippen LogP contribution in [-0.4, -0.2) is 50.9 Å². The summed E-state index contributed by atoms with van der Waals surface area (Å²) in [6.45, 7) is 7.65. The topological polar surface area (TPSA) is 117 Å². The van der Waals surface area contributed by atoms with Gasteiger partial charge >= 0.3 is 0 Å². The zero-order chi connectivity index (χ0) is 29.8. The van der Waals surface area contributed by atoms with Gasteiger partial charge in [-0.15, -0.1) is 0 Å². The highest BCUT2D eigenvalue weighted by atomic mass is 16.5. The van der Waals surface area contributed by atoms with Crippen LogP contribution in [0.25, 0.3) is 27.8 Å². The fourth-order valence-electron chi connectivity index (χ4n) is 5.33. The molecule has 9 nitrogen and oxygen atoms in total. The Morgan fingerprint density at radius 2 is 1.81 bits per heavy atom. The van der Waals surface area contributed by atoms with E-state index >= 15 is 0 Å². The van der Waals surface area contributed by atoms with Crippen molar-refractivity contribution in [1.82, 2.24) is 19.6 Å². The van der Waals surface area contributed by atoms with Crippen molar-refractivity contribution in [1.29, 1.82) is 0 Å². The Bertz CT molecular complexity index is 1690. The summed E-state index contributed by atoms with van der Waals surface area (Å²) in [7, 11) is 1.65. The molecule has 0 saturated carbocycles. The lowest BCUT2D eigenvalue weighted by Crippen LogP contribution is -2.13. The van der Waals surface area contributed by atoms with Crippen LogP contribution in [0.4, 0.5) is 0 Å². The fraction of sp³-hybridized carbons (Fsp3) is 0.303. The monoisotopic (exact) mass is 567 g/mol. The predicted octanol–water partition coefficient (Wildman–Crippen LogP) is 5.57. The maximum atomic E-state index is 12.0. The van der Waals surface area contributed by atoms with Gasteiger partial charge in [-0.05, 0) is 42.7 Å². The Labute approximate surface area is 245 Å². The molecule has 218 valence electrons. The average molecular weight is 568 g/mol. The molecule has 0 aliphatic carbocycles. The number of hydrogen-bond donors (Lipinski definition) is 2. The van der Waals surface area contributed by atoms with Gasteiger partial charge in [0.2, 0.25) is 5.91 Å². The molecule has 1 unspecified atom stereocenters. The minimum atomic E-state index is -0.678. The molecule has 2 heterocycles. The average Bonchev–Trinajstić information content (AvgIpc) is 3.55. The number of fused-ring (bicyclic) bond motifs is 1. The number of primary amides is 1. The zero-order valence-electron chi connectivity index (χ0n) is 24.4. The van der Waals surface area contributed by atoms with Gasteiger partial charge in [-0.25, -0.2) is 4.68 Å². The van der Waals surface area contributed by atoms with Crippen LogP contribution in [0.3, 0.4) is 0 Å². The summed E-state index contributed by atoms with van der Waals surface area (Å²) in [6.07, 6.45) is 1.99. The molecule has 0 fully saturated rings. The van der Waals surface area contributed by atoms with Crippen molar-refractivity contribution in [2.24, 2.45) is 5.73 Å². The molecule has 5 rings (SSSR count). The normalized spacial score (nSPS) is 12.2. The van der Waals surface area contributed by atoms with Gasteiger partial charge in [-0.2, -0.15) is 10.2 Å². The van der Waals surface area contributed by atoms with E-state index in [-0.39, 0.29) is 5.92 Å². The van der Waals surface area contributed by atoms with E-state index in [4.69, 9.17) is 25.4 Å². The van der Waals surface area contributed by atoms with Crippen LogP contribution < -0.4 is 10.5 Å². The lowest BCUT2D eigenvalue weighted by atomic mass is 9.95. The number of benzene rings is 3. The van der Waals surface area contributed by atoms with E-state index in [1.54, 1.807) is 23.9 Å². The predicted molar refractivity (Wildman–Crippen MR) is 163 cm³/mol. The van der Waals surface area contributed by atoms with E-state index in [0.717, 1.165) is 44.7 Å². The van der Waals surface area contributed by atoms with E-state index in [9.17, 15) is 9.90 Å². The van der Waals surface area contributed by atoms with E-state index in [2.05, 4.69) is 19.9 Å². The molecule has 0 bridgehead atoms. The summed E-state index contributed by atoms with van der Waals surface area (Å²) in [6, 6.07) is 20.8. The van der Waals surface area contributed by atoms with Crippen molar-refractivity contribution in [2.75, 3.05) is 20.3 Å². The van der Waals surface area contributed by atoms with Gasteiger partial charge in [-0.3, -0.25) is 9.48 Å². The molecule has 42 heavy (non-hydrogen) atoms. The van der Waals surface area contributed by atoms with Gasteiger partial charge in [0.05, 0.1) is 30.5 Å². The quantitative estimate of drug-likeness (QED) is 0.190. The van der Waals surface area contributed by atoms with Crippen molar-refractivity contribution in [3.63, 3.8) is 0 Å². The van der Waals surface area contributed by atoms with Crippen molar-refractivity contribution >= 4 is 16.8 Å². The number of aliphatic hydroxyl groups is 1. The minimum absolute atomic E-state index is 0.176. The largest absolute Gasteiger partial charge is 0.491 e. The summed E-state index contributed by atoms with van der Waals surface area (Å²) in [5.41, 5.74) is 12.2. The number of nitrogens with zero attached hydrogens (tertiary/aromatic N) is 4. The first-order valence-corrected chi connectivity index (χ1v) is 14.1. The zero-order valence-corrected chi connectivity index (χ0v) is 24.4. The standard InChI is InChI=1S/C33H37N5O4/c1-21(2)31-22(3)38(28-15-14-24(33(34)40)18-30(28)42-17-9-16-41-4)36-32(31)25-12-8-13-27-26(25)19-37(35-27)20-29(39)23-10-6-5-7-11-23/h5-8,10-15,18-19,21,29,39H,9,16-17,20H2,1-4H3,(H2,34,40). The molecule has 1 atom stereocenters. The number of carbonyl (C=O) groups excluding carboxylic acids is 1. The first-order valence-electron chi connectivity index (χ1n) is 14.1. The number of aliphatic hydroxyl groups excluding tert-OH is 1. The number of methoxy groups -OCH3 is 1. The molecule has 9 heteroatoms. The van der Waals surface area contributed by atoms with E-state index < -0.39 is 12.0 Å². The molecule has 1 amide bonds. The Kier molecular flexibility index (Phi) is 8.70. The summed E-state index contributed by atoms with van der Waals surface area (Å²) in [4.78, 5) is 12.0. The van der Waals surface area contributed by atoms with Crippen LogP contribution in [0.2, 0.25) is 0 Å². The molecule has 0 saturated heterocycles. The molecule has 0 spiro atoms. The fourth-order valence-corrected chi connectivity index (χ4v) is 5.33. The molecule has 0 radical (unpaired) electrons. The van der Waals surface area contributed by atoms with E-state index in [1.165, 1.54) is 0 Å².